The van der Waals surface area contributed by atoms with Crippen LogP contribution in [-0.4, -0.2) is 0 Å². The second kappa shape index (κ2) is 5.35. The van der Waals surface area contributed by atoms with E-state index in [1.165, 1.54) is 6.07 Å². The Hall–Kier alpha value is -2.30. The van der Waals surface area contributed by atoms with Crippen LogP contribution in [-0.2, 0) is 0 Å². The van der Waals surface area contributed by atoms with Crippen molar-refractivity contribution in [1.82, 2.24) is 0 Å². The van der Waals surface area contributed by atoms with Crippen molar-refractivity contribution in [2.75, 3.05) is 0 Å². The summed E-state index contributed by atoms with van der Waals surface area (Å²) in [5.74, 6) is 1.12. The minimum Gasteiger partial charge on any atom is -0.457 e. The SMILES string of the molecule is N#Cc1cc(C#N)cc(Oc2cccc(Br)c2)c1. The Labute approximate surface area is 113 Å². The van der Waals surface area contributed by atoms with E-state index < -0.39 is 0 Å². The molecule has 0 spiro atoms. The van der Waals surface area contributed by atoms with E-state index in [0.29, 0.717) is 22.6 Å². The highest BCUT2D eigenvalue weighted by atomic mass is 79.9. The quantitative estimate of drug-likeness (QED) is 0.842. The molecule has 0 bridgehead atoms. The fourth-order valence-electron chi connectivity index (χ4n) is 1.45. The summed E-state index contributed by atoms with van der Waals surface area (Å²) < 4.78 is 6.51. The van der Waals surface area contributed by atoms with Crippen LogP contribution in [0.3, 0.4) is 0 Å². The zero-order valence-electron chi connectivity index (χ0n) is 9.22. The molecule has 0 saturated carbocycles. The van der Waals surface area contributed by atoms with Crippen molar-refractivity contribution in [3.8, 4) is 23.6 Å². The second-order valence-corrected chi connectivity index (χ2v) is 4.44. The Morgan fingerprint density at radius 2 is 1.56 bits per heavy atom. The first-order chi connectivity index (χ1) is 8.71. The molecule has 0 radical (unpaired) electrons. The lowest BCUT2D eigenvalue weighted by Gasteiger charge is -2.06. The Bertz CT molecular complexity index is 636. The van der Waals surface area contributed by atoms with Crippen molar-refractivity contribution >= 4 is 15.9 Å². The number of hydrogen-bond acceptors (Lipinski definition) is 3. The van der Waals surface area contributed by atoms with E-state index in [1.54, 1.807) is 18.2 Å². The average molecular weight is 299 g/mol. The van der Waals surface area contributed by atoms with Gasteiger partial charge in [0.1, 0.15) is 11.5 Å². The number of ether oxygens (including phenoxy) is 1. The summed E-state index contributed by atoms with van der Waals surface area (Å²) in [4.78, 5) is 0. The Kier molecular flexibility index (Phi) is 3.62. The monoisotopic (exact) mass is 298 g/mol. The average Bonchev–Trinajstić information content (AvgIpc) is 2.38. The predicted molar refractivity (Wildman–Crippen MR) is 70.1 cm³/mol. The van der Waals surface area contributed by atoms with Crippen LogP contribution in [0.25, 0.3) is 0 Å². The van der Waals surface area contributed by atoms with Gasteiger partial charge in [0.15, 0.2) is 0 Å². The van der Waals surface area contributed by atoms with Gasteiger partial charge in [0.25, 0.3) is 0 Å². The van der Waals surface area contributed by atoms with Crippen LogP contribution >= 0.6 is 15.9 Å². The molecule has 0 N–H and O–H groups in total. The molecule has 0 heterocycles. The van der Waals surface area contributed by atoms with Crippen LogP contribution in [0.4, 0.5) is 0 Å². The maximum absolute atomic E-state index is 8.87. The van der Waals surface area contributed by atoms with Crippen molar-refractivity contribution in [3.05, 3.63) is 58.1 Å². The van der Waals surface area contributed by atoms with Gasteiger partial charge < -0.3 is 4.74 Å². The second-order valence-electron chi connectivity index (χ2n) is 3.53. The Morgan fingerprint density at radius 1 is 0.889 bits per heavy atom. The van der Waals surface area contributed by atoms with Gasteiger partial charge in [0, 0.05) is 4.47 Å². The van der Waals surface area contributed by atoms with Crippen molar-refractivity contribution in [3.63, 3.8) is 0 Å². The smallest absolute Gasteiger partial charge is 0.130 e. The number of rotatable bonds is 2. The lowest BCUT2D eigenvalue weighted by molar-refractivity contribution is 0.482. The molecule has 0 saturated heterocycles. The fourth-order valence-corrected chi connectivity index (χ4v) is 1.83. The van der Waals surface area contributed by atoms with Gasteiger partial charge in [-0.3, -0.25) is 0 Å². The van der Waals surface area contributed by atoms with E-state index in [4.69, 9.17) is 15.3 Å². The maximum atomic E-state index is 8.87. The number of halogens is 1. The Balaban J connectivity index is 2.35. The topological polar surface area (TPSA) is 56.8 Å². The van der Waals surface area contributed by atoms with E-state index in [-0.39, 0.29) is 0 Å². The third kappa shape index (κ3) is 2.88. The van der Waals surface area contributed by atoms with E-state index in [1.807, 2.05) is 30.3 Å². The first-order valence-electron chi connectivity index (χ1n) is 5.10. The minimum atomic E-state index is 0.402. The molecule has 4 heteroatoms. The fraction of sp³-hybridized carbons (Fsp3) is 0. The van der Waals surface area contributed by atoms with E-state index in [9.17, 15) is 0 Å². The largest absolute Gasteiger partial charge is 0.457 e. The molecule has 2 rings (SSSR count). The number of nitrogens with zero attached hydrogens (tertiary/aromatic N) is 2. The minimum absolute atomic E-state index is 0.402. The lowest BCUT2D eigenvalue weighted by Crippen LogP contribution is -1.87. The zero-order valence-corrected chi connectivity index (χ0v) is 10.8. The van der Waals surface area contributed by atoms with Gasteiger partial charge in [0.05, 0.1) is 23.3 Å². The highest BCUT2D eigenvalue weighted by Gasteiger charge is 2.03. The standard InChI is InChI=1S/C14H7BrN2O/c15-12-2-1-3-13(7-12)18-14-5-10(8-16)4-11(6-14)9-17/h1-7H. The summed E-state index contributed by atoms with van der Waals surface area (Å²) in [5, 5.41) is 17.7. The highest BCUT2D eigenvalue weighted by Crippen LogP contribution is 2.25. The molecule has 0 unspecified atom stereocenters. The molecule has 0 aliphatic heterocycles. The molecule has 0 fully saturated rings. The van der Waals surface area contributed by atoms with Crippen LogP contribution < -0.4 is 4.74 Å². The number of hydrogen-bond donors (Lipinski definition) is 0. The lowest BCUT2D eigenvalue weighted by atomic mass is 10.1. The van der Waals surface area contributed by atoms with Crippen molar-refractivity contribution in [2.45, 2.75) is 0 Å². The molecule has 86 valence electrons. The summed E-state index contributed by atoms with van der Waals surface area (Å²) in [6.45, 7) is 0. The van der Waals surface area contributed by atoms with Crippen molar-refractivity contribution in [1.29, 1.82) is 10.5 Å². The van der Waals surface area contributed by atoms with Gasteiger partial charge >= 0.3 is 0 Å². The molecule has 0 amide bonds. The first-order valence-corrected chi connectivity index (χ1v) is 5.89. The summed E-state index contributed by atoms with van der Waals surface area (Å²) in [6.07, 6.45) is 0. The summed E-state index contributed by atoms with van der Waals surface area (Å²) in [6, 6.07) is 16.1. The summed E-state index contributed by atoms with van der Waals surface area (Å²) in [5.41, 5.74) is 0.804. The van der Waals surface area contributed by atoms with Crippen molar-refractivity contribution in [2.24, 2.45) is 0 Å². The molecule has 0 aliphatic rings. The van der Waals surface area contributed by atoms with Crippen LogP contribution in [0.2, 0.25) is 0 Å². The third-order valence-electron chi connectivity index (χ3n) is 2.20. The summed E-state index contributed by atoms with van der Waals surface area (Å²) in [7, 11) is 0. The van der Waals surface area contributed by atoms with E-state index >= 15 is 0 Å². The number of nitriles is 2. The van der Waals surface area contributed by atoms with Gasteiger partial charge in [-0.2, -0.15) is 10.5 Å². The summed E-state index contributed by atoms with van der Waals surface area (Å²) >= 11 is 3.35. The molecule has 0 aromatic heterocycles. The molecule has 0 atom stereocenters. The van der Waals surface area contributed by atoms with Crippen LogP contribution in [0.15, 0.2) is 46.9 Å². The highest BCUT2D eigenvalue weighted by molar-refractivity contribution is 9.10. The van der Waals surface area contributed by atoms with Gasteiger partial charge in [-0.25, -0.2) is 0 Å². The number of benzene rings is 2. The molecule has 2 aromatic carbocycles. The Morgan fingerprint density at radius 3 is 2.11 bits per heavy atom. The first kappa shape index (κ1) is 12.2. The van der Waals surface area contributed by atoms with Crippen LogP contribution in [0, 0.1) is 22.7 Å². The van der Waals surface area contributed by atoms with Gasteiger partial charge in [-0.15, -0.1) is 0 Å². The van der Waals surface area contributed by atoms with E-state index in [0.717, 1.165) is 4.47 Å². The third-order valence-corrected chi connectivity index (χ3v) is 2.69. The molecular formula is C14H7BrN2O. The molecule has 18 heavy (non-hydrogen) atoms. The predicted octanol–water partition coefficient (Wildman–Crippen LogP) is 3.98. The molecule has 2 aromatic rings. The van der Waals surface area contributed by atoms with Gasteiger partial charge in [-0.1, -0.05) is 22.0 Å². The van der Waals surface area contributed by atoms with Crippen LogP contribution in [0.5, 0.6) is 11.5 Å². The van der Waals surface area contributed by atoms with Crippen molar-refractivity contribution < 1.29 is 4.74 Å². The van der Waals surface area contributed by atoms with Gasteiger partial charge in [0.2, 0.25) is 0 Å². The van der Waals surface area contributed by atoms with E-state index in [2.05, 4.69) is 15.9 Å². The molecule has 3 nitrogen and oxygen atoms in total. The van der Waals surface area contributed by atoms with Gasteiger partial charge in [-0.05, 0) is 36.4 Å². The molecule has 0 aliphatic carbocycles. The molecular weight excluding hydrogens is 292 g/mol. The zero-order chi connectivity index (χ0) is 13.0. The normalized spacial score (nSPS) is 9.28. The van der Waals surface area contributed by atoms with Crippen LogP contribution in [0.1, 0.15) is 11.1 Å². The maximum Gasteiger partial charge on any atom is 0.130 e.